The predicted molar refractivity (Wildman–Crippen MR) is 99.3 cm³/mol. The van der Waals surface area contributed by atoms with Crippen LogP contribution in [0.25, 0.3) is 0 Å². The summed E-state index contributed by atoms with van der Waals surface area (Å²) in [5.41, 5.74) is 0. The summed E-state index contributed by atoms with van der Waals surface area (Å²) in [4.78, 5) is 26.3. The molecular formula is C17H26N2O5S2. The molecule has 1 aromatic heterocycles. The highest BCUT2D eigenvalue weighted by atomic mass is 32.2. The van der Waals surface area contributed by atoms with Gasteiger partial charge in [-0.3, -0.25) is 9.59 Å². The summed E-state index contributed by atoms with van der Waals surface area (Å²) in [5.74, 6) is -0.797. The Hall–Kier alpha value is -1.45. The van der Waals surface area contributed by atoms with Gasteiger partial charge in [-0.2, -0.15) is 0 Å². The second-order valence-electron chi connectivity index (χ2n) is 6.59. The maximum absolute atomic E-state index is 12.6. The normalized spacial score (nSPS) is 22.0. The van der Waals surface area contributed by atoms with Crippen LogP contribution in [-0.4, -0.2) is 49.9 Å². The molecule has 7 nitrogen and oxygen atoms in total. The number of piperidine rings is 1. The van der Waals surface area contributed by atoms with Crippen LogP contribution in [0.1, 0.15) is 46.5 Å². The Morgan fingerprint density at radius 2 is 2.00 bits per heavy atom. The summed E-state index contributed by atoms with van der Waals surface area (Å²) < 4.78 is 31.7. The van der Waals surface area contributed by atoms with Crippen LogP contribution in [-0.2, 0) is 24.3 Å². The highest BCUT2D eigenvalue weighted by Crippen LogP contribution is 2.23. The lowest BCUT2D eigenvalue weighted by molar-refractivity contribution is -0.162. The Labute approximate surface area is 158 Å². The summed E-state index contributed by atoms with van der Waals surface area (Å²) in [6.07, 6.45) is 1.97. The molecule has 0 bridgehead atoms. The number of carbonyl (C=O) groups excluding carboxylic acids is 2. The second kappa shape index (κ2) is 8.96. The van der Waals surface area contributed by atoms with Crippen molar-refractivity contribution in [1.82, 2.24) is 9.62 Å². The Morgan fingerprint density at radius 1 is 1.35 bits per heavy atom. The summed E-state index contributed by atoms with van der Waals surface area (Å²) in [5, 5.41) is 1.67. The number of likely N-dealkylation sites (tertiary alicyclic amines) is 1. The van der Waals surface area contributed by atoms with Gasteiger partial charge in [0.15, 0.2) is 6.10 Å². The molecule has 0 aliphatic carbocycles. The van der Waals surface area contributed by atoms with Crippen LogP contribution in [0.2, 0.25) is 0 Å². The molecule has 0 aromatic carbocycles. The van der Waals surface area contributed by atoms with E-state index in [4.69, 9.17) is 4.74 Å². The molecule has 1 aliphatic rings. The highest BCUT2D eigenvalue weighted by molar-refractivity contribution is 7.91. The molecule has 0 spiro atoms. The maximum atomic E-state index is 12.6. The number of hydrogen-bond donors (Lipinski definition) is 1. The van der Waals surface area contributed by atoms with Gasteiger partial charge in [-0.1, -0.05) is 6.07 Å². The van der Waals surface area contributed by atoms with Crippen LogP contribution in [0.5, 0.6) is 0 Å². The number of nitrogens with zero attached hydrogens (tertiary/aromatic N) is 1. The number of sulfonamides is 1. The molecule has 1 fully saturated rings. The Morgan fingerprint density at radius 3 is 2.58 bits per heavy atom. The number of nitrogens with one attached hydrogen (secondary N) is 1. The van der Waals surface area contributed by atoms with E-state index in [0.29, 0.717) is 0 Å². The third-order valence-corrected chi connectivity index (χ3v) is 7.34. The van der Waals surface area contributed by atoms with Crippen LogP contribution in [0.15, 0.2) is 21.7 Å². The summed E-state index contributed by atoms with van der Waals surface area (Å²) >= 11 is 1.10. The molecule has 1 aromatic rings. The smallest absolute Gasteiger partial charge is 0.307 e. The van der Waals surface area contributed by atoms with Crippen LogP contribution in [0, 0.1) is 0 Å². The fourth-order valence-electron chi connectivity index (χ4n) is 3.15. The van der Waals surface area contributed by atoms with E-state index in [1.165, 1.54) is 6.07 Å². The van der Waals surface area contributed by atoms with Crippen molar-refractivity contribution in [2.45, 2.75) is 68.9 Å². The van der Waals surface area contributed by atoms with E-state index < -0.39 is 22.1 Å². The largest absolute Gasteiger partial charge is 0.452 e. The van der Waals surface area contributed by atoms with E-state index in [-0.39, 0.29) is 35.2 Å². The SMILES string of the molecule is C[C@H](OC(=O)CCNS(=O)(=O)c1cccs1)C(=O)N1[C@@H](C)CCC[C@@H]1C. The molecule has 1 N–H and O–H groups in total. The fraction of sp³-hybridized carbons (Fsp3) is 0.647. The number of carbonyl (C=O) groups is 2. The monoisotopic (exact) mass is 402 g/mol. The second-order valence-corrected chi connectivity index (χ2v) is 9.53. The minimum absolute atomic E-state index is 0.0729. The minimum atomic E-state index is -3.60. The van der Waals surface area contributed by atoms with Crippen LogP contribution < -0.4 is 4.72 Å². The maximum Gasteiger partial charge on any atom is 0.307 e. The van der Waals surface area contributed by atoms with E-state index >= 15 is 0 Å². The van der Waals surface area contributed by atoms with Crippen molar-refractivity contribution in [1.29, 1.82) is 0 Å². The lowest BCUT2D eigenvalue weighted by atomic mass is 9.97. The molecule has 146 valence electrons. The van der Waals surface area contributed by atoms with Gasteiger partial charge in [0.1, 0.15) is 4.21 Å². The van der Waals surface area contributed by atoms with Crippen molar-refractivity contribution in [3.8, 4) is 0 Å². The standard InChI is InChI=1S/C17H26N2O5S2/c1-12-6-4-7-13(2)19(12)17(21)14(3)24-15(20)9-10-18-26(22,23)16-8-5-11-25-16/h5,8,11-14,18H,4,6-7,9-10H2,1-3H3/t12-,13-,14-/m0/s1. The van der Waals surface area contributed by atoms with Gasteiger partial charge in [0.2, 0.25) is 10.0 Å². The number of hydrogen-bond acceptors (Lipinski definition) is 6. The molecule has 9 heteroatoms. The van der Waals surface area contributed by atoms with E-state index in [9.17, 15) is 18.0 Å². The molecule has 1 amide bonds. The van der Waals surface area contributed by atoms with Crippen LogP contribution >= 0.6 is 11.3 Å². The molecule has 26 heavy (non-hydrogen) atoms. The van der Waals surface area contributed by atoms with Gasteiger partial charge in [0, 0.05) is 18.6 Å². The van der Waals surface area contributed by atoms with Gasteiger partial charge in [-0.05, 0) is 51.5 Å². The summed E-state index contributed by atoms with van der Waals surface area (Å²) in [6.45, 7) is 5.49. The molecule has 0 unspecified atom stereocenters. The zero-order valence-electron chi connectivity index (χ0n) is 15.3. The van der Waals surface area contributed by atoms with E-state index in [0.717, 1.165) is 30.6 Å². The van der Waals surface area contributed by atoms with Crippen molar-refractivity contribution in [3.05, 3.63) is 17.5 Å². The van der Waals surface area contributed by atoms with Gasteiger partial charge in [-0.25, -0.2) is 13.1 Å². The van der Waals surface area contributed by atoms with Gasteiger partial charge >= 0.3 is 5.97 Å². The fourth-order valence-corrected chi connectivity index (χ4v) is 5.22. The number of rotatable bonds is 7. The van der Waals surface area contributed by atoms with E-state index in [1.54, 1.807) is 23.3 Å². The quantitative estimate of drug-likeness (QED) is 0.706. The molecule has 2 rings (SSSR count). The first-order valence-electron chi connectivity index (χ1n) is 8.77. The van der Waals surface area contributed by atoms with E-state index in [2.05, 4.69) is 4.72 Å². The molecule has 0 radical (unpaired) electrons. The van der Waals surface area contributed by atoms with Crippen molar-refractivity contribution >= 4 is 33.2 Å². The summed E-state index contributed by atoms with van der Waals surface area (Å²) in [6, 6.07) is 3.39. The average molecular weight is 403 g/mol. The summed E-state index contributed by atoms with van der Waals surface area (Å²) in [7, 11) is -3.60. The zero-order chi connectivity index (χ0) is 19.3. The molecule has 1 aliphatic heterocycles. The number of amides is 1. The number of ether oxygens (including phenoxy) is 1. The molecule has 3 atom stereocenters. The van der Waals surface area contributed by atoms with Crippen molar-refractivity contribution in [3.63, 3.8) is 0 Å². The molecular weight excluding hydrogens is 376 g/mol. The van der Waals surface area contributed by atoms with Gasteiger partial charge < -0.3 is 9.64 Å². The Kier molecular flexibility index (Phi) is 7.19. The molecule has 1 saturated heterocycles. The molecule has 0 saturated carbocycles. The average Bonchev–Trinajstić information content (AvgIpc) is 3.09. The van der Waals surface area contributed by atoms with E-state index in [1.807, 2.05) is 13.8 Å². The minimum Gasteiger partial charge on any atom is -0.452 e. The van der Waals surface area contributed by atoms with Crippen LogP contribution in [0.4, 0.5) is 0 Å². The van der Waals surface area contributed by atoms with Gasteiger partial charge in [0.05, 0.1) is 6.42 Å². The first kappa shape index (κ1) is 20.9. The Balaban J connectivity index is 1.80. The first-order valence-corrected chi connectivity index (χ1v) is 11.1. The van der Waals surface area contributed by atoms with Crippen molar-refractivity contribution in [2.24, 2.45) is 0 Å². The predicted octanol–water partition coefficient (Wildman–Crippen LogP) is 2.14. The first-order chi connectivity index (χ1) is 12.2. The molecule has 2 heterocycles. The van der Waals surface area contributed by atoms with Gasteiger partial charge in [0.25, 0.3) is 5.91 Å². The highest BCUT2D eigenvalue weighted by Gasteiger charge is 2.33. The zero-order valence-corrected chi connectivity index (χ0v) is 16.9. The third kappa shape index (κ3) is 5.28. The number of thiophene rings is 1. The number of esters is 1. The lowest BCUT2D eigenvalue weighted by Gasteiger charge is -2.40. The third-order valence-electron chi connectivity index (χ3n) is 4.49. The van der Waals surface area contributed by atoms with Crippen LogP contribution in [0.3, 0.4) is 0 Å². The topological polar surface area (TPSA) is 92.8 Å². The van der Waals surface area contributed by atoms with Crippen molar-refractivity contribution in [2.75, 3.05) is 6.54 Å². The van der Waals surface area contributed by atoms with Gasteiger partial charge in [-0.15, -0.1) is 11.3 Å². The lowest BCUT2D eigenvalue weighted by Crippen LogP contribution is -2.51. The Bertz CT molecular complexity index is 708. The van der Waals surface area contributed by atoms with Crippen molar-refractivity contribution < 1.29 is 22.7 Å².